The molecule has 2 aromatic carbocycles. The molecule has 1 aliphatic heterocycles. The summed E-state index contributed by atoms with van der Waals surface area (Å²) in [6, 6.07) is 19.3. The van der Waals surface area contributed by atoms with Crippen LogP contribution in [0.5, 0.6) is 0 Å². The standard InChI is InChI=1S/C24H26ClN5O2/c1-18-22(23(25)30(27-18)20-10-6-3-7-11-20)24(32)29-14-12-28(13-15-29)17-21(31)26-16-19-8-4-2-5-9-19/h2-11H,12-17H2,1H3,(H,26,31). The average molecular weight is 452 g/mol. The summed E-state index contributed by atoms with van der Waals surface area (Å²) in [4.78, 5) is 29.3. The van der Waals surface area contributed by atoms with E-state index in [-0.39, 0.29) is 11.8 Å². The molecule has 0 unspecified atom stereocenters. The number of aryl methyl sites for hydroxylation is 1. The van der Waals surface area contributed by atoms with Gasteiger partial charge in [-0.1, -0.05) is 60.1 Å². The molecule has 1 aliphatic rings. The van der Waals surface area contributed by atoms with Gasteiger partial charge in [0.05, 0.1) is 23.5 Å². The highest BCUT2D eigenvalue weighted by Gasteiger charge is 2.28. The molecular weight excluding hydrogens is 426 g/mol. The summed E-state index contributed by atoms with van der Waals surface area (Å²) in [6.07, 6.45) is 0. The maximum atomic E-state index is 13.2. The molecule has 0 atom stereocenters. The van der Waals surface area contributed by atoms with Gasteiger partial charge in [0.25, 0.3) is 5.91 Å². The minimum atomic E-state index is -0.122. The van der Waals surface area contributed by atoms with Gasteiger partial charge in [0.15, 0.2) is 0 Å². The maximum Gasteiger partial charge on any atom is 0.258 e. The maximum absolute atomic E-state index is 13.2. The molecule has 7 nitrogen and oxygen atoms in total. The monoisotopic (exact) mass is 451 g/mol. The minimum Gasteiger partial charge on any atom is -0.351 e. The number of carbonyl (C=O) groups is 2. The molecule has 2 heterocycles. The number of piperazine rings is 1. The van der Waals surface area contributed by atoms with Crippen molar-refractivity contribution >= 4 is 23.4 Å². The van der Waals surface area contributed by atoms with Crippen LogP contribution in [0.25, 0.3) is 5.69 Å². The lowest BCUT2D eigenvalue weighted by atomic mass is 10.2. The number of nitrogens with one attached hydrogen (secondary N) is 1. The number of para-hydroxylation sites is 1. The van der Waals surface area contributed by atoms with Gasteiger partial charge in [0.1, 0.15) is 5.15 Å². The number of hydrogen-bond acceptors (Lipinski definition) is 4. The molecule has 166 valence electrons. The first-order chi connectivity index (χ1) is 15.5. The van der Waals surface area contributed by atoms with Crippen molar-refractivity contribution in [2.75, 3.05) is 32.7 Å². The molecule has 4 rings (SSSR count). The number of carbonyl (C=O) groups excluding carboxylic acids is 2. The predicted molar refractivity (Wildman–Crippen MR) is 124 cm³/mol. The first kappa shape index (κ1) is 22.0. The van der Waals surface area contributed by atoms with Crippen LogP contribution in [0.3, 0.4) is 0 Å². The zero-order valence-corrected chi connectivity index (χ0v) is 18.8. The predicted octanol–water partition coefficient (Wildman–Crippen LogP) is 2.91. The zero-order valence-electron chi connectivity index (χ0n) is 18.0. The first-order valence-electron chi connectivity index (χ1n) is 10.7. The Labute approximate surface area is 192 Å². The second kappa shape index (κ2) is 9.97. The molecule has 0 saturated carbocycles. The van der Waals surface area contributed by atoms with E-state index in [1.54, 1.807) is 16.5 Å². The average Bonchev–Trinajstić information content (AvgIpc) is 3.13. The van der Waals surface area contributed by atoms with Crippen LogP contribution < -0.4 is 5.32 Å². The van der Waals surface area contributed by atoms with Crippen LogP contribution in [-0.4, -0.2) is 64.1 Å². The summed E-state index contributed by atoms with van der Waals surface area (Å²) in [7, 11) is 0. The van der Waals surface area contributed by atoms with Crippen LogP contribution in [0.4, 0.5) is 0 Å². The molecule has 2 amide bonds. The molecule has 3 aromatic rings. The van der Waals surface area contributed by atoms with Gasteiger partial charge < -0.3 is 10.2 Å². The minimum absolute atomic E-state index is 0.0170. The van der Waals surface area contributed by atoms with E-state index in [0.717, 1.165) is 11.3 Å². The molecule has 0 spiro atoms. The summed E-state index contributed by atoms with van der Waals surface area (Å²) in [6.45, 7) is 4.98. The molecule has 8 heteroatoms. The van der Waals surface area contributed by atoms with Crippen LogP contribution in [-0.2, 0) is 11.3 Å². The zero-order chi connectivity index (χ0) is 22.5. The highest BCUT2D eigenvalue weighted by Crippen LogP contribution is 2.25. The SMILES string of the molecule is Cc1nn(-c2ccccc2)c(Cl)c1C(=O)N1CCN(CC(=O)NCc2ccccc2)CC1. The number of hydrogen-bond donors (Lipinski definition) is 1. The van der Waals surface area contributed by atoms with Crippen molar-refractivity contribution in [2.45, 2.75) is 13.5 Å². The summed E-state index contributed by atoms with van der Waals surface area (Å²) in [5, 5.41) is 7.74. The van der Waals surface area contributed by atoms with Gasteiger partial charge in [-0.15, -0.1) is 0 Å². The Balaban J connectivity index is 1.32. The van der Waals surface area contributed by atoms with E-state index >= 15 is 0 Å². The smallest absolute Gasteiger partial charge is 0.258 e. The number of benzene rings is 2. The van der Waals surface area contributed by atoms with Crippen LogP contribution >= 0.6 is 11.6 Å². The first-order valence-corrected chi connectivity index (χ1v) is 11.0. The van der Waals surface area contributed by atoms with E-state index in [4.69, 9.17) is 11.6 Å². The molecule has 0 bridgehead atoms. The molecule has 32 heavy (non-hydrogen) atoms. The van der Waals surface area contributed by atoms with Gasteiger partial charge in [0.2, 0.25) is 5.91 Å². The summed E-state index contributed by atoms with van der Waals surface area (Å²) < 4.78 is 1.59. The number of amides is 2. The van der Waals surface area contributed by atoms with Crippen molar-refractivity contribution in [1.29, 1.82) is 0 Å². The van der Waals surface area contributed by atoms with Gasteiger partial charge in [-0.25, -0.2) is 4.68 Å². The van der Waals surface area contributed by atoms with Gasteiger partial charge in [-0.3, -0.25) is 14.5 Å². The fraction of sp³-hybridized carbons (Fsp3) is 0.292. The van der Waals surface area contributed by atoms with Crippen LogP contribution in [0.1, 0.15) is 21.6 Å². The van der Waals surface area contributed by atoms with Gasteiger partial charge in [-0.2, -0.15) is 5.10 Å². The van der Waals surface area contributed by atoms with Crippen molar-refractivity contribution < 1.29 is 9.59 Å². The molecule has 0 radical (unpaired) electrons. The van der Waals surface area contributed by atoms with E-state index in [2.05, 4.69) is 15.3 Å². The van der Waals surface area contributed by atoms with Crippen molar-refractivity contribution in [3.8, 4) is 5.69 Å². The highest BCUT2D eigenvalue weighted by molar-refractivity contribution is 6.33. The lowest BCUT2D eigenvalue weighted by Gasteiger charge is -2.34. The third-order valence-corrected chi connectivity index (χ3v) is 5.93. The number of nitrogens with zero attached hydrogens (tertiary/aromatic N) is 4. The topological polar surface area (TPSA) is 70.5 Å². The van der Waals surface area contributed by atoms with Crippen molar-refractivity contribution in [3.05, 3.63) is 82.6 Å². The largest absolute Gasteiger partial charge is 0.351 e. The number of halogens is 1. The Bertz CT molecular complexity index is 1080. The van der Waals surface area contributed by atoms with E-state index in [9.17, 15) is 9.59 Å². The van der Waals surface area contributed by atoms with Crippen molar-refractivity contribution in [2.24, 2.45) is 0 Å². The van der Waals surface area contributed by atoms with Gasteiger partial charge >= 0.3 is 0 Å². The highest BCUT2D eigenvalue weighted by atomic mass is 35.5. The Hall–Kier alpha value is -3.16. The third kappa shape index (κ3) is 5.00. The normalized spacial score (nSPS) is 14.4. The molecule has 1 saturated heterocycles. The third-order valence-electron chi connectivity index (χ3n) is 5.58. The fourth-order valence-electron chi connectivity index (χ4n) is 3.81. The summed E-state index contributed by atoms with van der Waals surface area (Å²) in [5.41, 5.74) is 2.92. The van der Waals surface area contributed by atoms with E-state index in [1.807, 2.05) is 60.7 Å². The molecule has 0 aliphatic carbocycles. The van der Waals surface area contributed by atoms with Crippen LogP contribution in [0.15, 0.2) is 60.7 Å². The fourth-order valence-corrected chi connectivity index (χ4v) is 4.16. The number of aromatic nitrogens is 2. The second-order valence-corrected chi connectivity index (χ2v) is 8.19. The van der Waals surface area contributed by atoms with Crippen molar-refractivity contribution in [1.82, 2.24) is 24.9 Å². The van der Waals surface area contributed by atoms with Crippen molar-refractivity contribution in [3.63, 3.8) is 0 Å². The van der Waals surface area contributed by atoms with Crippen LogP contribution in [0, 0.1) is 6.92 Å². The Morgan fingerprint density at radius 1 is 0.969 bits per heavy atom. The second-order valence-electron chi connectivity index (χ2n) is 7.83. The van der Waals surface area contributed by atoms with E-state index in [0.29, 0.717) is 55.7 Å². The Kier molecular flexibility index (Phi) is 6.87. The lowest BCUT2D eigenvalue weighted by Crippen LogP contribution is -2.51. The van der Waals surface area contributed by atoms with E-state index < -0.39 is 0 Å². The Morgan fingerprint density at radius 3 is 2.25 bits per heavy atom. The molecule has 1 aromatic heterocycles. The quantitative estimate of drug-likeness (QED) is 0.625. The van der Waals surface area contributed by atoms with E-state index in [1.165, 1.54) is 0 Å². The summed E-state index contributed by atoms with van der Waals surface area (Å²) >= 11 is 6.55. The van der Waals surface area contributed by atoms with Gasteiger partial charge in [0, 0.05) is 32.7 Å². The summed E-state index contributed by atoms with van der Waals surface area (Å²) in [5.74, 6) is -0.139. The van der Waals surface area contributed by atoms with Crippen LogP contribution in [0.2, 0.25) is 5.15 Å². The molecule has 1 N–H and O–H groups in total. The molecule has 1 fully saturated rings. The van der Waals surface area contributed by atoms with Gasteiger partial charge in [-0.05, 0) is 24.6 Å². The Morgan fingerprint density at radius 2 is 1.59 bits per heavy atom. The number of rotatable bonds is 6. The lowest BCUT2D eigenvalue weighted by molar-refractivity contribution is -0.122. The molecular formula is C24H26ClN5O2.